The van der Waals surface area contributed by atoms with Crippen molar-refractivity contribution in [1.29, 1.82) is 0 Å². The Kier molecular flexibility index (Phi) is 3.26. The van der Waals surface area contributed by atoms with Gasteiger partial charge in [0.2, 0.25) is 5.88 Å². The number of nitrogens with one attached hydrogen (secondary N) is 1. The molecule has 0 saturated heterocycles. The first kappa shape index (κ1) is 12.8. The van der Waals surface area contributed by atoms with Crippen LogP contribution < -0.4 is 5.32 Å². The molecular formula is C15H15FN2O2. The molecule has 1 aromatic heterocycles. The van der Waals surface area contributed by atoms with E-state index in [1.54, 1.807) is 12.1 Å². The van der Waals surface area contributed by atoms with Crippen LogP contribution in [0.25, 0.3) is 0 Å². The Hall–Kier alpha value is -2.17. The average Bonchev–Trinajstić information content (AvgIpc) is 2.82. The van der Waals surface area contributed by atoms with Crippen molar-refractivity contribution in [3.05, 3.63) is 46.9 Å². The zero-order valence-corrected chi connectivity index (χ0v) is 11.1. The summed E-state index contributed by atoms with van der Waals surface area (Å²) in [6.45, 7) is 2.15. The van der Waals surface area contributed by atoms with Gasteiger partial charge in [-0.1, -0.05) is 24.2 Å². The molecule has 1 N–H and O–H groups in total. The van der Waals surface area contributed by atoms with Crippen molar-refractivity contribution in [3.8, 4) is 0 Å². The smallest absolute Gasteiger partial charge is 0.261 e. The largest absolute Gasteiger partial charge is 0.338 e. The lowest BCUT2D eigenvalue weighted by molar-refractivity contribution is 0.102. The summed E-state index contributed by atoms with van der Waals surface area (Å²) in [5, 5.41) is 6.60. The molecule has 1 atom stereocenters. The van der Waals surface area contributed by atoms with Gasteiger partial charge >= 0.3 is 0 Å². The topological polar surface area (TPSA) is 55.1 Å². The van der Waals surface area contributed by atoms with Crippen LogP contribution in [0.5, 0.6) is 0 Å². The molecule has 1 aliphatic carbocycles. The second kappa shape index (κ2) is 5.07. The molecule has 1 aromatic carbocycles. The van der Waals surface area contributed by atoms with Crippen LogP contribution >= 0.6 is 0 Å². The molecule has 0 saturated carbocycles. The quantitative estimate of drug-likeness (QED) is 0.915. The summed E-state index contributed by atoms with van der Waals surface area (Å²) >= 11 is 0. The number of aromatic nitrogens is 1. The van der Waals surface area contributed by atoms with Crippen LogP contribution in [0.3, 0.4) is 0 Å². The molecule has 4 nitrogen and oxygen atoms in total. The van der Waals surface area contributed by atoms with Gasteiger partial charge in [-0.25, -0.2) is 4.39 Å². The molecule has 2 aromatic rings. The maximum Gasteiger partial charge on any atom is 0.261 e. The summed E-state index contributed by atoms with van der Waals surface area (Å²) in [7, 11) is 0. The Morgan fingerprint density at radius 1 is 1.45 bits per heavy atom. The van der Waals surface area contributed by atoms with Crippen LogP contribution in [0.4, 0.5) is 10.3 Å². The second-order valence-corrected chi connectivity index (χ2v) is 5.22. The number of benzene rings is 1. The second-order valence-electron chi connectivity index (χ2n) is 5.22. The van der Waals surface area contributed by atoms with E-state index in [-0.39, 0.29) is 5.56 Å². The molecule has 5 heteroatoms. The lowest BCUT2D eigenvalue weighted by Crippen LogP contribution is -2.16. The summed E-state index contributed by atoms with van der Waals surface area (Å²) in [4.78, 5) is 12.1. The van der Waals surface area contributed by atoms with E-state index in [4.69, 9.17) is 4.52 Å². The molecule has 3 rings (SSSR count). The molecular weight excluding hydrogens is 259 g/mol. The first-order valence-corrected chi connectivity index (χ1v) is 6.68. The SMILES string of the molecule is C[C@H]1CCc2noc(NC(=O)c3ccccc3F)c2C1. The van der Waals surface area contributed by atoms with Crippen molar-refractivity contribution in [1.82, 2.24) is 5.16 Å². The number of aryl methyl sites for hydroxylation is 1. The lowest BCUT2D eigenvalue weighted by atomic mass is 9.89. The molecule has 1 aliphatic rings. The summed E-state index contributed by atoms with van der Waals surface area (Å²) < 4.78 is 18.8. The maximum absolute atomic E-state index is 13.6. The molecule has 0 bridgehead atoms. The minimum Gasteiger partial charge on any atom is -0.338 e. The highest BCUT2D eigenvalue weighted by Gasteiger charge is 2.25. The molecule has 0 unspecified atom stereocenters. The first-order valence-electron chi connectivity index (χ1n) is 6.68. The predicted molar refractivity (Wildman–Crippen MR) is 72.0 cm³/mol. The van der Waals surface area contributed by atoms with E-state index in [9.17, 15) is 9.18 Å². The van der Waals surface area contributed by atoms with Crippen LogP contribution in [0.2, 0.25) is 0 Å². The fourth-order valence-electron chi connectivity index (χ4n) is 2.50. The van der Waals surface area contributed by atoms with Gasteiger partial charge in [0, 0.05) is 5.56 Å². The maximum atomic E-state index is 13.6. The molecule has 0 fully saturated rings. The Morgan fingerprint density at radius 2 is 2.25 bits per heavy atom. The average molecular weight is 274 g/mol. The van der Waals surface area contributed by atoms with Gasteiger partial charge in [-0.15, -0.1) is 0 Å². The van der Waals surface area contributed by atoms with Crippen molar-refractivity contribution in [2.24, 2.45) is 5.92 Å². The Bertz CT molecular complexity index is 651. The van der Waals surface area contributed by atoms with E-state index >= 15 is 0 Å². The number of hydrogen-bond acceptors (Lipinski definition) is 3. The zero-order chi connectivity index (χ0) is 14.1. The minimum atomic E-state index is -0.549. The highest BCUT2D eigenvalue weighted by atomic mass is 19.1. The molecule has 20 heavy (non-hydrogen) atoms. The molecule has 1 amide bonds. The Labute approximate surface area is 116 Å². The Balaban J connectivity index is 1.84. The van der Waals surface area contributed by atoms with E-state index < -0.39 is 11.7 Å². The van der Waals surface area contributed by atoms with Gasteiger partial charge in [0.1, 0.15) is 5.82 Å². The fraction of sp³-hybridized carbons (Fsp3) is 0.333. The highest BCUT2D eigenvalue weighted by molar-refractivity contribution is 6.04. The highest BCUT2D eigenvalue weighted by Crippen LogP contribution is 2.30. The normalized spacial score (nSPS) is 17.6. The first-order chi connectivity index (χ1) is 9.65. The zero-order valence-electron chi connectivity index (χ0n) is 11.1. The van der Waals surface area contributed by atoms with Crippen LogP contribution in [-0.4, -0.2) is 11.1 Å². The van der Waals surface area contributed by atoms with Gasteiger partial charge in [-0.05, 0) is 37.3 Å². The van der Waals surface area contributed by atoms with Crippen molar-refractivity contribution in [2.75, 3.05) is 5.32 Å². The third-order valence-corrected chi connectivity index (χ3v) is 3.64. The van der Waals surface area contributed by atoms with Gasteiger partial charge in [0.15, 0.2) is 0 Å². The Morgan fingerprint density at radius 3 is 3.05 bits per heavy atom. The van der Waals surface area contributed by atoms with E-state index in [1.165, 1.54) is 12.1 Å². The fourth-order valence-corrected chi connectivity index (χ4v) is 2.50. The number of anilines is 1. The van der Waals surface area contributed by atoms with Crippen molar-refractivity contribution in [2.45, 2.75) is 26.2 Å². The van der Waals surface area contributed by atoms with Crippen molar-refractivity contribution in [3.63, 3.8) is 0 Å². The molecule has 1 heterocycles. The summed E-state index contributed by atoms with van der Waals surface area (Å²) in [6, 6.07) is 5.86. The third-order valence-electron chi connectivity index (χ3n) is 3.64. The van der Waals surface area contributed by atoms with Gasteiger partial charge in [-0.3, -0.25) is 10.1 Å². The van der Waals surface area contributed by atoms with E-state index in [1.807, 2.05) is 0 Å². The van der Waals surface area contributed by atoms with E-state index in [2.05, 4.69) is 17.4 Å². The minimum absolute atomic E-state index is 0.00140. The number of amides is 1. The summed E-state index contributed by atoms with van der Waals surface area (Å²) in [5.74, 6) is -0.183. The van der Waals surface area contributed by atoms with Gasteiger partial charge in [-0.2, -0.15) is 0 Å². The summed E-state index contributed by atoms with van der Waals surface area (Å²) in [5.41, 5.74) is 1.84. The van der Waals surface area contributed by atoms with Gasteiger partial charge in [0.25, 0.3) is 5.91 Å². The van der Waals surface area contributed by atoms with Crippen LogP contribution in [0.15, 0.2) is 28.8 Å². The number of carbonyl (C=O) groups excluding carboxylic acids is 1. The number of halogens is 1. The van der Waals surface area contributed by atoms with Crippen molar-refractivity contribution >= 4 is 11.8 Å². The number of fused-ring (bicyclic) bond motifs is 1. The third kappa shape index (κ3) is 2.31. The van der Waals surface area contributed by atoms with Gasteiger partial charge in [0.05, 0.1) is 11.3 Å². The standard InChI is InChI=1S/C15H15FN2O2/c1-9-6-7-13-11(8-9)15(20-18-13)17-14(19)10-4-2-3-5-12(10)16/h2-5,9H,6-8H2,1H3,(H,17,19)/t9-/m0/s1. The lowest BCUT2D eigenvalue weighted by Gasteiger charge is -2.16. The van der Waals surface area contributed by atoms with Crippen LogP contribution in [0, 0.1) is 11.7 Å². The summed E-state index contributed by atoms with van der Waals surface area (Å²) in [6.07, 6.45) is 2.75. The van der Waals surface area contributed by atoms with Crippen LogP contribution in [-0.2, 0) is 12.8 Å². The van der Waals surface area contributed by atoms with Crippen LogP contribution in [0.1, 0.15) is 35.0 Å². The number of carbonyl (C=O) groups is 1. The molecule has 0 spiro atoms. The molecule has 0 aliphatic heterocycles. The molecule has 104 valence electrons. The predicted octanol–water partition coefficient (Wildman–Crippen LogP) is 3.19. The van der Waals surface area contributed by atoms with Gasteiger partial charge < -0.3 is 4.52 Å². The number of rotatable bonds is 2. The van der Waals surface area contributed by atoms with E-state index in [0.717, 1.165) is 30.5 Å². The van der Waals surface area contributed by atoms with Crippen molar-refractivity contribution < 1.29 is 13.7 Å². The molecule has 0 radical (unpaired) electrons. The monoisotopic (exact) mass is 274 g/mol. The van der Waals surface area contributed by atoms with E-state index in [0.29, 0.717) is 11.8 Å². The number of hydrogen-bond donors (Lipinski definition) is 1. The number of nitrogens with zero attached hydrogens (tertiary/aromatic N) is 1.